The lowest BCUT2D eigenvalue weighted by Gasteiger charge is -2.32. The number of nitrogens with two attached hydrogens (primary N) is 1. The molecule has 0 bridgehead atoms. The minimum atomic E-state index is -3.13. The molecule has 0 aromatic heterocycles. The van der Waals surface area contributed by atoms with Crippen LogP contribution in [0.1, 0.15) is 19.8 Å². The van der Waals surface area contributed by atoms with Gasteiger partial charge in [0, 0.05) is 6.04 Å². The fourth-order valence-corrected chi connectivity index (χ4v) is 4.03. The van der Waals surface area contributed by atoms with E-state index in [0.717, 1.165) is 0 Å². The molecule has 8 heteroatoms. The Balaban J connectivity index is 2.91. The van der Waals surface area contributed by atoms with Crippen LogP contribution in [0.25, 0.3) is 0 Å². The summed E-state index contributed by atoms with van der Waals surface area (Å²) in [6, 6.07) is -1.18. The molecule has 1 amide bonds. The van der Waals surface area contributed by atoms with Crippen LogP contribution in [0.15, 0.2) is 0 Å². The van der Waals surface area contributed by atoms with Gasteiger partial charge in [-0.2, -0.15) is 0 Å². The minimum absolute atomic E-state index is 0.0307. The number of carboxylic acids is 1. The number of amides is 1. The maximum atomic E-state index is 11.4. The Kier molecular flexibility index (Phi) is 4.69. The van der Waals surface area contributed by atoms with Crippen molar-refractivity contribution in [3.63, 3.8) is 0 Å². The highest BCUT2D eigenvalue weighted by Crippen LogP contribution is 2.20. The Morgan fingerprint density at radius 3 is 2.44 bits per heavy atom. The van der Waals surface area contributed by atoms with Crippen LogP contribution < -0.4 is 5.73 Å². The summed E-state index contributed by atoms with van der Waals surface area (Å²) in [5, 5.41) is 8.86. The molecule has 0 aromatic rings. The molecule has 1 heterocycles. The third-order valence-electron chi connectivity index (χ3n) is 3.11. The third kappa shape index (κ3) is 3.67. The van der Waals surface area contributed by atoms with Crippen molar-refractivity contribution in [2.75, 3.05) is 18.1 Å². The summed E-state index contributed by atoms with van der Waals surface area (Å²) in [6.07, 6.45) is 0.707. The normalized spacial score (nSPS) is 24.0. The molecule has 7 nitrogen and oxygen atoms in total. The van der Waals surface area contributed by atoms with Gasteiger partial charge in [-0.3, -0.25) is 14.5 Å². The molecule has 1 fully saturated rings. The van der Waals surface area contributed by atoms with Crippen LogP contribution in [0.4, 0.5) is 0 Å². The quantitative estimate of drug-likeness (QED) is 0.631. The first-order chi connectivity index (χ1) is 8.26. The van der Waals surface area contributed by atoms with Gasteiger partial charge in [-0.25, -0.2) is 8.42 Å². The van der Waals surface area contributed by atoms with E-state index in [4.69, 9.17) is 10.8 Å². The zero-order valence-corrected chi connectivity index (χ0v) is 11.0. The van der Waals surface area contributed by atoms with Gasteiger partial charge in [-0.15, -0.1) is 0 Å². The molecule has 1 aliphatic rings. The molecule has 18 heavy (non-hydrogen) atoms. The largest absolute Gasteiger partial charge is 0.480 e. The zero-order valence-electron chi connectivity index (χ0n) is 10.2. The van der Waals surface area contributed by atoms with Gasteiger partial charge in [0.1, 0.15) is 0 Å². The monoisotopic (exact) mass is 278 g/mol. The summed E-state index contributed by atoms with van der Waals surface area (Å²) in [4.78, 5) is 23.5. The van der Waals surface area contributed by atoms with Gasteiger partial charge >= 0.3 is 5.97 Å². The number of hydrogen-bond acceptors (Lipinski definition) is 5. The average molecular weight is 278 g/mol. The maximum absolute atomic E-state index is 11.4. The molecule has 0 saturated carbocycles. The molecule has 0 aromatic carbocycles. The van der Waals surface area contributed by atoms with Crippen molar-refractivity contribution < 1.29 is 23.1 Å². The van der Waals surface area contributed by atoms with Crippen molar-refractivity contribution in [2.24, 2.45) is 5.73 Å². The molecule has 0 aliphatic carbocycles. The first-order valence-corrected chi connectivity index (χ1v) is 7.56. The lowest BCUT2D eigenvalue weighted by atomic mass is 10.1. The van der Waals surface area contributed by atoms with E-state index in [-0.39, 0.29) is 18.1 Å². The minimum Gasteiger partial charge on any atom is -0.480 e. The summed E-state index contributed by atoms with van der Waals surface area (Å²) in [6.45, 7) is 1.34. The number of aliphatic carboxylic acids is 1. The molecule has 104 valence electrons. The van der Waals surface area contributed by atoms with Crippen molar-refractivity contribution in [1.29, 1.82) is 0 Å². The van der Waals surface area contributed by atoms with Crippen LogP contribution in [0.5, 0.6) is 0 Å². The first-order valence-electron chi connectivity index (χ1n) is 5.74. The Hall–Kier alpha value is -1.15. The highest BCUT2D eigenvalue weighted by molar-refractivity contribution is 7.91. The Bertz CT molecular complexity index is 434. The van der Waals surface area contributed by atoms with Gasteiger partial charge in [0.2, 0.25) is 5.91 Å². The number of carbonyl (C=O) groups excluding carboxylic acids is 1. The smallest absolute Gasteiger partial charge is 0.317 e. The summed E-state index contributed by atoms with van der Waals surface area (Å²) >= 11 is 0. The van der Waals surface area contributed by atoms with Crippen LogP contribution in [0, 0.1) is 0 Å². The van der Waals surface area contributed by atoms with Crippen LogP contribution in [0.3, 0.4) is 0 Å². The van der Waals surface area contributed by atoms with Crippen molar-refractivity contribution >= 4 is 21.7 Å². The second kappa shape index (κ2) is 5.66. The average Bonchev–Trinajstić information content (AvgIpc) is 2.57. The second-order valence-corrected chi connectivity index (χ2v) is 6.68. The second-order valence-electron chi connectivity index (χ2n) is 4.45. The number of nitrogens with zero attached hydrogens (tertiary/aromatic N) is 1. The molecular formula is C10H18N2O5S. The number of hydrogen-bond donors (Lipinski definition) is 2. The summed E-state index contributed by atoms with van der Waals surface area (Å²) in [5.41, 5.74) is 5.24. The van der Waals surface area contributed by atoms with Crippen LogP contribution >= 0.6 is 0 Å². The lowest BCUT2D eigenvalue weighted by molar-refractivity contribution is -0.140. The highest BCUT2D eigenvalue weighted by atomic mass is 32.2. The Labute approximate surface area is 106 Å². The van der Waals surface area contributed by atoms with E-state index >= 15 is 0 Å². The third-order valence-corrected chi connectivity index (χ3v) is 4.86. The van der Waals surface area contributed by atoms with Crippen molar-refractivity contribution in [3.05, 3.63) is 0 Å². The van der Waals surface area contributed by atoms with Gasteiger partial charge in [0.05, 0.1) is 24.1 Å². The zero-order chi connectivity index (χ0) is 13.9. The molecular weight excluding hydrogens is 260 g/mol. The SMILES string of the molecule is CCC(C(N)=O)N(CC(=O)O)C1CCS(=O)(=O)C1. The summed E-state index contributed by atoms with van der Waals surface area (Å²) in [7, 11) is -3.13. The summed E-state index contributed by atoms with van der Waals surface area (Å²) < 4.78 is 22.8. The number of carboxylic acid groups (broad SMARTS) is 1. The molecule has 2 atom stereocenters. The van der Waals surface area contributed by atoms with Crippen LogP contribution in [-0.4, -0.2) is 60.4 Å². The molecule has 0 spiro atoms. The summed E-state index contributed by atoms with van der Waals surface area (Å²) in [5.74, 6) is -1.80. The number of rotatable bonds is 6. The van der Waals surface area contributed by atoms with Gasteiger partial charge < -0.3 is 10.8 Å². The van der Waals surface area contributed by atoms with Gasteiger partial charge in [0.15, 0.2) is 9.84 Å². The number of carbonyl (C=O) groups is 2. The van der Waals surface area contributed by atoms with Crippen LogP contribution in [0.2, 0.25) is 0 Å². The maximum Gasteiger partial charge on any atom is 0.317 e. The fraction of sp³-hybridized carbons (Fsp3) is 0.800. The molecule has 1 rings (SSSR count). The Morgan fingerprint density at radius 1 is 1.50 bits per heavy atom. The van der Waals surface area contributed by atoms with Crippen molar-refractivity contribution in [1.82, 2.24) is 4.90 Å². The van der Waals surface area contributed by atoms with Crippen molar-refractivity contribution in [3.8, 4) is 0 Å². The fourth-order valence-electron chi connectivity index (χ4n) is 2.29. The predicted octanol–water partition coefficient (Wildman–Crippen LogP) is -1.18. The van der Waals surface area contributed by atoms with E-state index in [1.54, 1.807) is 6.92 Å². The molecule has 2 unspecified atom stereocenters. The topological polar surface area (TPSA) is 118 Å². The van der Waals surface area contributed by atoms with Crippen LogP contribution in [-0.2, 0) is 19.4 Å². The van der Waals surface area contributed by atoms with E-state index in [9.17, 15) is 18.0 Å². The van der Waals surface area contributed by atoms with E-state index in [1.165, 1.54) is 4.90 Å². The lowest BCUT2D eigenvalue weighted by Crippen LogP contribution is -2.52. The molecule has 1 saturated heterocycles. The van der Waals surface area contributed by atoms with E-state index in [0.29, 0.717) is 12.8 Å². The molecule has 1 aliphatic heterocycles. The highest BCUT2D eigenvalue weighted by Gasteiger charge is 2.37. The van der Waals surface area contributed by atoms with Crippen molar-refractivity contribution in [2.45, 2.75) is 31.8 Å². The van der Waals surface area contributed by atoms with E-state index in [1.807, 2.05) is 0 Å². The van der Waals surface area contributed by atoms with Gasteiger partial charge in [0.25, 0.3) is 0 Å². The predicted molar refractivity (Wildman–Crippen MR) is 64.7 cm³/mol. The van der Waals surface area contributed by atoms with Gasteiger partial charge in [-0.05, 0) is 12.8 Å². The number of primary amides is 1. The standard InChI is InChI=1S/C10H18N2O5S/c1-2-8(10(11)15)12(5-9(13)14)7-3-4-18(16,17)6-7/h7-8H,2-6H2,1H3,(H2,11,15)(H,13,14). The number of sulfone groups is 1. The molecule has 3 N–H and O–H groups in total. The Morgan fingerprint density at radius 2 is 2.11 bits per heavy atom. The molecule has 0 radical (unpaired) electrons. The van der Waals surface area contributed by atoms with E-state index in [2.05, 4.69) is 0 Å². The first kappa shape index (κ1) is 14.9. The van der Waals surface area contributed by atoms with Gasteiger partial charge in [-0.1, -0.05) is 6.92 Å². The van der Waals surface area contributed by atoms with E-state index < -0.39 is 33.8 Å².